The van der Waals surface area contributed by atoms with Gasteiger partial charge in [0.2, 0.25) is 0 Å². The van der Waals surface area contributed by atoms with Crippen molar-refractivity contribution in [2.75, 3.05) is 31.6 Å². The average Bonchev–Trinajstić information content (AvgIpc) is 2.63. The van der Waals surface area contributed by atoms with Crippen molar-refractivity contribution in [3.05, 3.63) is 53.3 Å². The maximum absolute atomic E-state index is 12.6. The van der Waals surface area contributed by atoms with Gasteiger partial charge < -0.3 is 15.0 Å². The van der Waals surface area contributed by atoms with Crippen LogP contribution in [-0.4, -0.2) is 42.1 Å². The molecular weight excluding hydrogens is 314 g/mol. The van der Waals surface area contributed by atoms with Gasteiger partial charge in [-0.05, 0) is 30.0 Å². The molecule has 132 valence electrons. The lowest BCUT2D eigenvalue weighted by Gasteiger charge is -2.27. The zero-order valence-corrected chi connectivity index (χ0v) is 15.1. The van der Waals surface area contributed by atoms with Crippen LogP contribution in [0.4, 0.5) is 11.4 Å². The first-order valence-corrected chi connectivity index (χ1v) is 8.75. The second-order valence-corrected chi connectivity index (χ2v) is 6.69. The first-order valence-electron chi connectivity index (χ1n) is 8.75. The van der Waals surface area contributed by atoms with Crippen LogP contribution in [0.2, 0.25) is 0 Å². The Morgan fingerprint density at radius 2 is 2.00 bits per heavy atom. The van der Waals surface area contributed by atoms with Gasteiger partial charge >= 0.3 is 0 Å². The van der Waals surface area contributed by atoms with Crippen LogP contribution in [0.1, 0.15) is 41.3 Å². The molecule has 0 aliphatic carbocycles. The van der Waals surface area contributed by atoms with Crippen molar-refractivity contribution in [3.63, 3.8) is 0 Å². The van der Waals surface area contributed by atoms with E-state index in [0.29, 0.717) is 37.8 Å². The molecule has 2 aromatic rings. The van der Waals surface area contributed by atoms with Crippen LogP contribution in [0.15, 0.2) is 36.7 Å². The molecule has 0 saturated carbocycles. The van der Waals surface area contributed by atoms with Crippen LogP contribution < -0.4 is 5.32 Å². The quantitative estimate of drug-likeness (QED) is 0.922. The van der Waals surface area contributed by atoms with E-state index < -0.39 is 0 Å². The lowest BCUT2D eigenvalue weighted by Crippen LogP contribution is -2.40. The van der Waals surface area contributed by atoms with Crippen molar-refractivity contribution in [3.8, 4) is 0 Å². The smallest absolute Gasteiger partial charge is 0.255 e. The molecule has 5 nitrogen and oxygen atoms in total. The molecule has 1 aliphatic rings. The number of anilines is 2. The summed E-state index contributed by atoms with van der Waals surface area (Å²) in [6, 6.07) is 8.17. The Morgan fingerprint density at radius 1 is 1.24 bits per heavy atom. The molecule has 1 aliphatic heterocycles. The molecule has 0 spiro atoms. The number of morpholine rings is 1. The van der Waals surface area contributed by atoms with Gasteiger partial charge in [0, 0.05) is 25.0 Å². The topological polar surface area (TPSA) is 54.5 Å². The summed E-state index contributed by atoms with van der Waals surface area (Å²) in [6.07, 6.45) is 3.39. The zero-order chi connectivity index (χ0) is 17.8. The van der Waals surface area contributed by atoms with Gasteiger partial charge in [-0.1, -0.05) is 32.0 Å². The van der Waals surface area contributed by atoms with E-state index in [1.807, 2.05) is 11.0 Å². The number of hydrogen-bond acceptors (Lipinski definition) is 4. The second kappa shape index (κ2) is 7.66. The first kappa shape index (κ1) is 17.4. The molecule has 1 saturated heterocycles. The van der Waals surface area contributed by atoms with Crippen molar-refractivity contribution in [2.45, 2.75) is 26.7 Å². The summed E-state index contributed by atoms with van der Waals surface area (Å²) < 4.78 is 5.32. The Bertz CT molecular complexity index is 752. The van der Waals surface area contributed by atoms with Crippen LogP contribution in [-0.2, 0) is 4.74 Å². The van der Waals surface area contributed by atoms with Gasteiger partial charge in [0.1, 0.15) is 0 Å². The Morgan fingerprint density at radius 3 is 2.72 bits per heavy atom. The number of amides is 1. The highest BCUT2D eigenvalue weighted by atomic mass is 16.5. The average molecular weight is 339 g/mol. The summed E-state index contributed by atoms with van der Waals surface area (Å²) in [6.45, 7) is 8.89. The number of ether oxygens (including phenoxy) is 1. The van der Waals surface area contributed by atoms with Gasteiger partial charge in [-0.25, -0.2) is 0 Å². The molecule has 5 heteroatoms. The lowest BCUT2D eigenvalue weighted by molar-refractivity contribution is 0.0302. The number of benzene rings is 1. The maximum Gasteiger partial charge on any atom is 0.255 e. The fraction of sp³-hybridized carbons (Fsp3) is 0.400. The number of nitrogens with zero attached hydrogens (tertiary/aromatic N) is 2. The van der Waals surface area contributed by atoms with Crippen molar-refractivity contribution >= 4 is 17.3 Å². The fourth-order valence-electron chi connectivity index (χ4n) is 3.06. The van der Waals surface area contributed by atoms with E-state index in [2.05, 4.69) is 49.3 Å². The summed E-state index contributed by atoms with van der Waals surface area (Å²) in [5.74, 6) is 0.418. The Labute approximate surface area is 149 Å². The Hall–Kier alpha value is -2.40. The van der Waals surface area contributed by atoms with E-state index in [4.69, 9.17) is 4.74 Å². The van der Waals surface area contributed by atoms with E-state index in [0.717, 1.165) is 11.4 Å². The van der Waals surface area contributed by atoms with Crippen molar-refractivity contribution in [1.82, 2.24) is 9.88 Å². The summed E-state index contributed by atoms with van der Waals surface area (Å²) in [4.78, 5) is 18.7. The standard InChI is InChI=1S/C20H25N3O2/c1-14(2)18-6-4-5-15(3)19(18)22-17-11-16(12-21-13-17)20(24)23-7-9-25-10-8-23/h4-6,11-14,22H,7-10H2,1-3H3. The number of nitrogens with one attached hydrogen (secondary N) is 1. The van der Waals surface area contributed by atoms with Gasteiger partial charge in [-0.3, -0.25) is 9.78 Å². The minimum absolute atomic E-state index is 0.00770. The molecular formula is C20H25N3O2. The number of aryl methyl sites for hydroxylation is 1. The van der Waals surface area contributed by atoms with E-state index in [9.17, 15) is 4.79 Å². The van der Waals surface area contributed by atoms with Crippen LogP contribution in [0.3, 0.4) is 0 Å². The minimum atomic E-state index is 0.00770. The predicted molar refractivity (Wildman–Crippen MR) is 99.5 cm³/mol. The first-order chi connectivity index (χ1) is 12.1. The predicted octanol–water partition coefficient (Wildman–Crippen LogP) is 3.73. The SMILES string of the molecule is Cc1cccc(C(C)C)c1Nc1cncc(C(=O)N2CCOCC2)c1. The molecule has 2 heterocycles. The third-order valence-electron chi connectivity index (χ3n) is 4.48. The van der Waals surface area contributed by atoms with E-state index >= 15 is 0 Å². The maximum atomic E-state index is 12.6. The number of carbonyl (C=O) groups excluding carboxylic acids is 1. The normalized spacial score (nSPS) is 14.6. The summed E-state index contributed by atoms with van der Waals surface area (Å²) >= 11 is 0. The number of para-hydroxylation sites is 1. The van der Waals surface area contributed by atoms with Gasteiger partial charge in [-0.2, -0.15) is 0 Å². The Balaban J connectivity index is 1.84. The molecule has 0 unspecified atom stereocenters. The molecule has 1 fully saturated rings. The molecule has 0 radical (unpaired) electrons. The lowest BCUT2D eigenvalue weighted by atomic mass is 9.98. The van der Waals surface area contributed by atoms with Gasteiger partial charge in [-0.15, -0.1) is 0 Å². The monoisotopic (exact) mass is 339 g/mol. The molecule has 1 aromatic heterocycles. The minimum Gasteiger partial charge on any atom is -0.378 e. The van der Waals surface area contributed by atoms with E-state index in [1.54, 1.807) is 12.4 Å². The zero-order valence-electron chi connectivity index (χ0n) is 15.1. The molecule has 3 rings (SSSR count). The Kier molecular flexibility index (Phi) is 5.34. The van der Waals surface area contributed by atoms with Gasteiger partial charge in [0.25, 0.3) is 5.91 Å². The third-order valence-corrected chi connectivity index (χ3v) is 4.48. The highest BCUT2D eigenvalue weighted by Crippen LogP contribution is 2.30. The van der Waals surface area contributed by atoms with Gasteiger partial charge in [0.05, 0.1) is 30.7 Å². The van der Waals surface area contributed by atoms with Crippen LogP contribution in [0.25, 0.3) is 0 Å². The highest BCUT2D eigenvalue weighted by molar-refractivity contribution is 5.95. The summed E-state index contributed by atoms with van der Waals surface area (Å²) in [7, 11) is 0. The van der Waals surface area contributed by atoms with Crippen LogP contribution in [0, 0.1) is 6.92 Å². The molecule has 1 N–H and O–H groups in total. The third kappa shape index (κ3) is 3.99. The summed E-state index contributed by atoms with van der Waals surface area (Å²) in [5.41, 5.74) is 4.96. The van der Waals surface area contributed by atoms with E-state index in [-0.39, 0.29) is 5.91 Å². The summed E-state index contributed by atoms with van der Waals surface area (Å²) in [5, 5.41) is 3.46. The fourth-order valence-corrected chi connectivity index (χ4v) is 3.06. The number of rotatable bonds is 4. The number of aromatic nitrogens is 1. The van der Waals surface area contributed by atoms with Crippen molar-refractivity contribution in [1.29, 1.82) is 0 Å². The molecule has 1 aromatic carbocycles. The molecule has 1 amide bonds. The molecule has 25 heavy (non-hydrogen) atoms. The molecule has 0 bridgehead atoms. The number of hydrogen-bond donors (Lipinski definition) is 1. The van der Waals surface area contributed by atoms with Crippen molar-refractivity contribution < 1.29 is 9.53 Å². The number of pyridine rings is 1. The molecule has 0 atom stereocenters. The van der Waals surface area contributed by atoms with Crippen LogP contribution in [0.5, 0.6) is 0 Å². The largest absolute Gasteiger partial charge is 0.378 e. The van der Waals surface area contributed by atoms with Gasteiger partial charge in [0.15, 0.2) is 0 Å². The van der Waals surface area contributed by atoms with E-state index in [1.165, 1.54) is 11.1 Å². The van der Waals surface area contributed by atoms with Crippen LogP contribution >= 0.6 is 0 Å². The number of carbonyl (C=O) groups is 1. The highest BCUT2D eigenvalue weighted by Gasteiger charge is 2.19. The van der Waals surface area contributed by atoms with Crippen molar-refractivity contribution in [2.24, 2.45) is 0 Å². The second-order valence-electron chi connectivity index (χ2n) is 6.69.